The molecule has 1 unspecified atom stereocenters. The molecule has 1 heterocycles. The van der Waals surface area contributed by atoms with E-state index in [1.165, 1.54) is 122 Å². The molecule has 0 bridgehead atoms. The van der Waals surface area contributed by atoms with Crippen molar-refractivity contribution in [3.63, 3.8) is 0 Å². The van der Waals surface area contributed by atoms with E-state index in [1.807, 2.05) is 0 Å². The first-order valence-corrected chi connectivity index (χ1v) is 14.1. The minimum Gasteiger partial charge on any atom is -0.391 e. The van der Waals surface area contributed by atoms with Gasteiger partial charge in [-0.25, -0.2) is 0 Å². The van der Waals surface area contributed by atoms with Gasteiger partial charge >= 0.3 is 0 Å². The Labute approximate surface area is 195 Å². The van der Waals surface area contributed by atoms with Crippen LogP contribution in [0.15, 0.2) is 0 Å². The normalized spacial score (nSPS) is 16.7. The summed E-state index contributed by atoms with van der Waals surface area (Å²) < 4.78 is 6.85. The Kier molecular flexibility index (Phi) is 19.1. The first kappa shape index (κ1) is 28.9. The molecule has 185 valence electrons. The van der Waals surface area contributed by atoms with E-state index in [9.17, 15) is 5.11 Å². The summed E-state index contributed by atoms with van der Waals surface area (Å²) in [5.41, 5.74) is 0. The summed E-state index contributed by atoms with van der Waals surface area (Å²) >= 11 is 0. The maximum Gasteiger partial charge on any atom is 0.0819 e. The molecule has 0 aromatic carbocycles. The second-order valence-corrected chi connectivity index (χ2v) is 10.5. The van der Waals surface area contributed by atoms with Crippen LogP contribution in [0.2, 0.25) is 0 Å². The van der Waals surface area contributed by atoms with E-state index >= 15 is 0 Å². The number of aliphatic hydroxyl groups is 1. The van der Waals surface area contributed by atoms with Crippen LogP contribution in [-0.4, -0.2) is 55.6 Å². The van der Waals surface area contributed by atoms with Gasteiger partial charge in [-0.1, -0.05) is 103 Å². The number of nitrogens with zero attached hydrogens (tertiary/aromatic N) is 1. The van der Waals surface area contributed by atoms with E-state index in [0.717, 1.165) is 30.5 Å². The molecule has 0 saturated carbocycles. The fourth-order valence-corrected chi connectivity index (χ4v) is 4.90. The highest BCUT2D eigenvalue weighted by molar-refractivity contribution is 4.71. The highest BCUT2D eigenvalue weighted by atomic mass is 16.5. The molecule has 0 aromatic heterocycles. The van der Waals surface area contributed by atoms with Crippen LogP contribution in [0, 0.1) is 6.42 Å². The van der Waals surface area contributed by atoms with Crippen molar-refractivity contribution in [3.05, 3.63) is 6.42 Å². The molecule has 1 rings (SSSR count). The van der Waals surface area contributed by atoms with Crippen LogP contribution in [-0.2, 0) is 4.74 Å². The average Bonchev–Trinajstić information content (AvgIpc) is 3.19. The summed E-state index contributed by atoms with van der Waals surface area (Å²) in [4.78, 5) is 0. The number of aliphatic hydroxyl groups excluding tert-OH is 1. The zero-order valence-corrected chi connectivity index (χ0v) is 21.4. The number of ether oxygens (including phenoxy) is 1. The SMILES string of the molecule is CCCCCCCCCCCCCCCCCCOCC(O)C[CH]C[N+]1(C)CCCC1. The molecule has 3 nitrogen and oxygen atoms in total. The number of hydrogen-bond acceptors (Lipinski definition) is 2. The molecule has 1 aliphatic heterocycles. The molecule has 31 heavy (non-hydrogen) atoms. The molecular formula is C28H57NO2+. The fraction of sp³-hybridized carbons (Fsp3) is 0.964. The second kappa shape index (κ2) is 20.5. The van der Waals surface area contributed by atoms with Crippen molar-refractivity contribution in [2.75, 3.05) is 39.9 Å². The average molecular weight is 440 g/mol. The third kappa shape index (κ3) is 18.0. The molecule has 1 atom stereocenters. The van der Waals surface area contributed by atoms with E-state index in [4.69, 9.17) is 4.74 Å². The largest absolute Gasteiger partial charge is 0.391 e. The van der Waals surface area contributed by atoms with Gasteiger partial charge in [0.2, 0.25) is 0 Å². The molecule has 0 amide bonds. The number of hydrogen-bond donors (Lipinski definition) is 1. The minimum absolute atomic E-state index is 0.324. The molecule has 1 aliphatic rings. The maximum atomic E-state index is 10.1. The molecular weight excluding hydrogens is 382 g/mol. The Balaban J connectivity index is 1.71. The third-order valence-electron chi connectivity index (χ3n) is 7.11. The molecule has 0 aliphatic carbocycles. The first-order valence-electron chi connectivity index (χ1n) is 14.1. The van der Waals surface area contributed by atoms with Crippen molar-refractivity contribution in [2.45, 2.75) is 135 Å². The van der Waals surface area contributed by atoms with Crippen LogP contribution in [0.5, 0.6) is 0 Å². The van der Waals surface area contributed by atoms with Crippen LogP contribution < -0.4 is 0 Å². The third-order valence-corrected chi connectivity index (χ3v) is 7.11. The van der Waals surface area contributed by atoms with Crippen molar-refractivity contribution in [3.8, 4) is 0 Å². The lowest BCUT2D eigenvalue weighted by Gasteiger charge is -2.29. The van der Waals surface area contributed by atoms with Crippen LogP contribution >= 0.6 is 0 Å². The standard InChI is InChI=1S/C28H57NO2/c1-3-4-5-6-7-8-9-10-11-12-13-14-15-16-17-20-26-31-27-28(30)22-21-25-29(2)23-18-19-24-29/h21,28,30H,3-20,22-27H2,1-2H3/q+1. The number of quaternary nitrogens is 1. The minimum atomic E-state index is -0.324. The van der Waals surface area contributed by atoms with Crippen molar-refractivity contribution < 1.29 is 14.3 Å². The number of likely N-dealkylation sites (tertiary alicyclic amines) is 1. The maximum absolute atomic E-state index is 10.1. The topological polar surface area (TPSA) is 29.5 Å². The van der Waals surface area contributed by atoms with Crippen LogP contribution in [0.25, 0.3) is 0 Å². The Morgan fingerprint density at radius 3 is 1.68 bits per heavy atom. The lowest BCUT2D eigenvalue weighted by molar-refractivity contribution is -0.893. The van der Waals surface area contributed by atoms with Gasteiger partial charge in [0.25, 0.3) is 0 Å². The van der Waals surface area contributed by atoms with E-state index in [-0.39, 0.29) is 6.10 Å². The quantitative estimate of drug-likeness (QED) is 0.132. The Morgan fingerprint density at radius 1 is 0.742 bits per heavy atom. The van der Waals surface area contributed by atoms with Gasteiger partial charge in [-0.3, -0.25) is 0 Å². The van der Waals surface area contributed by atoms with Crippen molar-refractivity contribution in [1.29, 1.82) is 0 Å². The molecule has 1 radical (unpaired) electrons. The lowest BCUT2D eigenvalue weighted by atomic mass is 10.0. The highest BCUT2D eigenvalue weighted by Gasteiger charge is 2.26. The Hall–Kier alpha value is -0.120. The van der Waals surface area contributed by atoms with Gasteiger partial charge in [-0.05, 0) is 12.8 Å². The molecule has 0 aromatic rings. The highest BCUT2D eigenvalue weighted by Crippen LogP contribution is 2.17. The molecule has 0 spiro atoms. The smallest absolute Gasteiger partial charge is 0.0819 e. The van der Waals surface area contributed by atoms with Crippen molar-refractivity contribution >= 4 is 0 Å². The van der Waals surface area contributed by atoms with Gasteiger partial charge in [0.1, 0.15) is 0 Å². The Morgan fingerprint density at radius 2 is 1.19 bits per heavy atom. The summed E-state index contributed by atoms with van der Waals surface area (Å²) in [6.07, 6.45) is 27.8. The fourth-order valence-electron chi connectivity index (χ4n) is 4.90. The summed E-state index contributed by atoms with van der Waals surface area (Å²) in [6, 6.07) is 0. The predicted octanol–water partition coefficient (Wildman–Crippen LogP) is 7.46. The van der Waals surface area contributed by atoms with Gasteiger partial charge in [-0.2, -0.15) is 0 Å². The van der Waals surface area contributed by atoms with Gasteiger partial charge in [-0.15, -0.1) is 0 Å². The monoisotopic (exact) mass is 439 g/mol. The van der Waals surface area contributed by atoms with Crippen LogP contribution in [0.4, 0.5) is 0 Å². The van der Waals surface area contributed by atoms with Crippen molar-refractivity contribution in [2.24, 2.45) is 0 Å². The van der Waals surface area contributed by atoms with Crippen LogP contribution in [0.1, 0.15) is 129 Å². The number of rotatable bonds is 23. The molecule has 1 fully saturated rings. The zero-order chi connectivity index (χ0) is 22.5. The molecule has 3 heteroatoms. The van der Waals surface area contributed by atoms with E-state index < -0.39 is 0 Å². The summed E-state index contributed by atoms with van der Waals surface area (Å²) in [6.45, 7) is 7.28. The van der Waals surface area contributed by atoms with Crippen LogP contribution in [0.3, 0.4) is 0 Å². The summed E-state index contributed by atoms with van der Waals surface area (Å²) in [5.74, 6) is 0. The van der Waals surface area contributed by atoms with Gasteiger partial charge in [0, 0.05) is 25.9 Å². The van der Waals surface area contributed by atoms with Gasteiger partial charge < -0.3 is 14.3 Å². The predicted molar refractivity (Wildman–Crippen MR) is 135 cm³/mol. The summed E-state index contributed by atoms with van der Waals surface area (Å²) in [5, 5.41) is 10.1. The second-order valence-electron chi connectivity index (χ2n) is 10.5. The molecule has 1 N–H and O–H groups in total. The first-order chi connectivity index (χ1) is 15.2. The van der Waals surface area contributed by atoms with E-state index in [2.05, 4.69) is 20.4 Å². The van der Waals surface area contributed by atoms with E-state index in [0.29, 0.717) is 6.61 Å². The van der Waals surface area contributed by atoms with Crippen molar-refractivity contribution in [1.82, 2.24) is 0 Å². The zero-order valence-electron chi connectivity index (χ0n) is 21.4. The Bertz CT molecular complexity index is 368. The molecule has 1 saturated heterocycles. The van der Waals surface area contributed by atoms with Gasteiger partial charge in [0.05, 0.1) is 39.4 Å². The summed E-state index contributed by atoms with van der Waals surface area (Å²) in [7, 11) is 2.34. The lowest BCUT2D eigenvalue weighted by Crippen LogP contribution is -2.42. The van der Waals surface area contributed by atoms with Gasteiger partial charge in [0.15, 0.2) is 0 Å². The van der Waals surface area contributed by atoms with E-state index in [1.54, 1.807) is 0 Å². The number of unbranched alkanes of at least 4 members (excludes halogenated alkanes) is 15.